The number of rotatable bonds is 5. The molecule has 2 rings (SSSR count). The zero-order valence-electron chi connectivity index (χ0n) is 10.1. The lowest BCUT2D eigenvalue weighted by molar-refractivity contribution is -0.148. The molecule has 1 aromatic heterocycles. The molecule has 0 spiro atoms. The Morgan fingerprint density at radius 1 is 1.16 bits per heavy atom. The fourth-order valence-corrected chi connectivity index (χ4v) is 2.06. The average molecular weight is 259 g/mol. The van der Waals surface area contributed by atoms with Crippen LogP contribution in [-0.2, 0) is 16.0 Å². The second-order valence-corrected chi connectivity index (χ2v) is 4.33. The van der Waals surface area contributed by atoms with Gasteiger partial charge >= 0.3 is 11.9 Å². The second-order valence-electron chi connectivity index (χ2n) is 4.33. The van der Waals surface area contributed by atoms with Gasteiger partial charge < -0.3 is 10.2 Å². The summed E-state index contributed by atoms with van der Waals surface area (Å²) in [6, 6.07) is 9.18. The summed E-state index contributed by atoms with van der Waals surface area (Å²) in [5.41, 5.74) is 1.48. The highest BCUT2D eigenvalue weighted by Crippen LogP contribution is 2.20. The molecule has 0 fully saturated rings. The minimum absolute atomic E-state index is 0.163. The lowest BCUT2D eigenvalue weighted by Gasteiger charge is -2.11. The molecule has 1 aromatic carbocycles. The largest absolute Gasteiger partial charge is 0.481 e. The van der Waals surface area contributed by atoms with Crippen LogP contribution >= 0.6 is 0 Å². The Labute approximate surface area is 109 Å². The number of aliphatic carboxylic acids is 2. The van der Waals surface area contributed by atoms with Crippen molar-refractivity contribution in [1.29, 1.82) is 0 Å². The SMILES string of the molecule is O=C(O)CC(Cc1cccc2cccnc12)C(=O)O. The second kappa shape index (κ2) is 5.48. The van der Waals surface area contributed by atoms with E-state index in [1.54, 1.807) is 18.3 Å². The molecule has 0 saturated heterocycles. The van der Waals surface area contributed by atoms with E-state index in [9.17, 15) is 9.59 Å². The molecule has 1 atom stereocenters. The van der Waals surface area contributed by atoms with Crippen molar-refractivity contribution in [3.8, 4) is 0 Å². The first kappa shape index (κ1) is 13.0. The summed E-state index contributed by atoms with van der Waals surface area (Å²) in [5.74, 6) is -3.15. The Hall–Kier alpha value is -2.43. The van der Waals surface area contributed by atoms with Crippen LogP contribution in [0.15, 0.2) is 36.5 Å². The number of hydrogen-bond donors (Lipinski definition) is 2. The van der Waals surface area contributed by atoms with Gasteiger partial charge in [-0.1, -0.05) is 24.3 Å². The van der Waals surface area contributed by atoms with Gasteiger partial charge in [-0.2, -0.15) is 0 Å². The summed E-state index contributed by atoms with van der Waals surface area (Å²) in [6.45, 7) is 0. The molecular formula is C14H13NO4. The highest BCUT2D eigenvalue weighted by molar-refractivity contribution is 5.83. The van der Waals surface area contributed by atoms with Gasteiger partial charge in [0.15, 0.2) is 0 Å². The van der Waals surface area contributed by atoms with E-state index in [0.717, 1.165) is 16.5 Å². The summed E-state index contributed by atoms with van der Waals surface area (Å²) in [7, 11) is 0. The fraction of sp³-hybridized carbons (Fsp3) is 0.214. The van der Waals surface area contributed by atoms with Gasteiger partial charge in [0.25, 0.3) is 0 Å². The molecule has 0 aliphatic heterocycles. The van der Waals surface area contributed by atoms with E-state index in [-0.39, 0.29) is 6.42 Å². The molecular weight excluding hydrogens is 246 g/mol. The number of hydrogen-bond acceptors (Lipinski definition) is 3. The van der Waals surface area contributed by atoms with Crippen molar-refractivity contribution in [1.82, 2.24) is 4.98 Å². The standard InChI is InChI=1S/C14H13NO4/c16-12(17)8-11(14(18)19)7-10-4-1-3-9-5-2-6-15-13(9)10/h1-6,11H,7-8H2,(H,16,17)(H,18,19). The molecule has 2 N–H and O–H groups in total. The molecule has 98 valence electrons. The van der Waals surface area contributed by atoms with Crippen LogP contribution < -0.4 is 0 Å². The molecule has 1 heterocycles. The first-order chi connectivity index (χ1) is 9.08. The zero-order chi connectivity index (χ0) is 13.8. The van der Waals surface area contributed by atoms with Gasteiger partial charge in [-0.05, 0) is 18.1 Å². The number of carbonyl (C=O) groups is 2. The lowest BCUT2D eigenvalue weighted by Crippen LogP contribution is -2.20. The molecule has 5 nitrogen and oxygen atoms in total. The van der Waals surface area contributed by atoms with E-state index in [0.29, 0.717) is 0 Å². The van der Waals surface area contributed by atoms with Gasteiger partial charge in [-0.3, -0.25) is 14.6 Å². The van der Waals surface area contributed by atoms with E-state index in [1.807, 2.05) is 18.2 Å². The summed E-state index contributed by atoms with van der Waals surface area (Å²) >= 11 is 0. The predicted molar refractivity (Wildman–Crippen MR) is 68.8 cm³/mol. The van der Waals surface area contributed by atoms with Crippen molar-refractivity contribution >= 4 is 22.8 Å². The molecule has 5 heteroatoms. The number of fused-ring (bicyclic) bond motifs is 1. The number of pyridine rings is 1. The van der Waals surface area contributed by atoms with E-state index in [2.05, 4.69) is 4.98 Å². The van der Waals surface area contributed by atoms with Crippen LogP contribution in [0.2, 0.25) is 0 Å². The Morgan fingerprint density at radius 2 is 1.89 bits per heavy atom. The van der Waals surface area contributed by atoms with E-state index in [1.165, 1.54) is 0 Å². The Kier molecular flexibility index (Phi) is 3.75. The summed E-state index contributed by atoms with van der Waals surface area (Å²) in [4.78, 5) is 26.0. The Morgan fingerprint density at radius 3 is 2.58 bits per heavy atom. The number of aromatic nitrogens is 1. The normalized spacial score (nSPS) is 12.2. The number of carboxylic acid groups (broad SMARTS) is 2. The third-order valence-electron chi connectivity index (χ3n) is 2.95. The zero-order valence-corrected chi connectivity index (χ0v) is 10.1. The van der Waals surface area contributed by atoms with E-state index < -0.39 is 24.3 Å². The average Bonchev–Trinajstić information content (AvgIpc) is 2.37. The number of carboxylic acids is 2. The monoisotopic (exact) mass is 259 g/mol. The molecule has 0 bridgehead atoms. The van der Waals surface area contributed by atoms with Crippen LogP contribution in [0.1, 0.15) is 12.0 Å². The molecule has 0 saturated carbocycles. The van der Waals surface area contributed by atoms with Crippen LogP contribution in [0, 0.1) is 5.92 Å². The van der Waals surface area contributed by atoms with Crippen LogP contribution in [0.25, 0.3) is 10.9 Å². The lowest BCUT2D eigenvalue weighted by atomic mass is 9.95. The maximum absolute atomic E-state index is 11.1. The smallest absolute Gasteiger partial charge is 0.307 e. The molecule has 0 aliphatic carbocycles. The van der Waals surface area contributed by atoms with Crippen molar-refractivity contribution in [2.75, 3.05) is 0 Å². The minimum atomic E-state index is -1.11. The molecule has 0 aliphatic rings. The van der Waals surface area contributed by atoms with Gasteiger partial charge in [-0.15, -0.1) is 0 Å². The van der Waals surface area contributed by atoms with Gasteiger partial charge in [0.2, 0.25) is 0 Å². The van der Waals surface area contributed by atoms with E-state index >= 15 is 0 Å². The maximum Gasteiger partial charge on any atom is 0.307 e. The van der Waals surface area contributed by atoms with Gasteiger partial charge in [0, 0.05) is 11.6 Å². The first-order valence-corrected chi connectivity index (χ1v) is 5.85. The van der Waals surface area contributed by atoms with Crippen LogP contribution in [0.5, 0.6) is 0 Å². The van der Waals surface area contributed by atoms with Crippen molar-refractivity contribution in [2.45, 2.75) is 12.8 Å². The maximum atomic E-state index is 11.1. The highest BCUT2D eigenvalue weighted by atomic mass is 16.4. The number of para-hydroxylation sites is 1. The van der Waals surface area contributed by atoms with Crippen LogP contribution in [-0.4, -0.2) is 27.1 Å². The molecule has 2 aromatic rings. The van der Waals surface area contributed by atoms with E-state index in [4.69, 9.17) is 10.2 Å². The molecule has 19 heavy (non-hydrogen) atoms. The Balaban J connectivity index is 2.33. The van der Waals surface area contributed by atoms with Gasteiger partial charge in [-0.25, -0.2) is 0 Å². The van der Waals surface area contributed by atoms with Gasteiger partial charge in [0.1, 0.15) is 0 Å². The fourth-order valence-electron chi connectivity index (χ4n) is 2.06. The molecule has 1 unspecified atom stereocenters. The quantitative estimate of drug-likeness (QED) is 0.856. The van der Waals surface area contributed by atoms with Gasteiger partial charge in [0.05, 0.1) is 17.9 Å². The number of nitrogens with zero attached hydrogens (tertiary/aromatic N) is 1. The van der Waals surface area contributed by atoms with Crippen LogP contribution in [0.4, 0.5) is 0 Å². The highest BCUT2D eigenvalue weighted by Gasteiger charge is 2.22. The van der Waals surface area contributed by atoms with Crippen molar-refractivity contribution < 1.29 is 19.8 Å². The minimum Gasteiger partial charge on any atom is -0.481 e. The topological polar surface area (TPSA) is 87.5 Å². The predicted octanol–water partition coefficient (Wildman–Crippen LogP) is 1.95. The summed E-state index contributed by atoms with van der Waals surface area (Å²) in [5, 5.41) is 18.7. The Bertz CT molecular complexity index is 618. The van der Waals surface area contributed by atoms with Crippen molar-refractivity contribution in [2.24, 2.45) is 5.92 Å². The third-order valence-corrected chi connectivity index (χ3v) is 2.95. The molecule has 0 radical (unpaired) electrons. The molecule has 0 amide bonds. The van der Waals surface area contributed by atoms with Crippen LogP contribution in [0.3, 0.4) is 0 Å². The van der Waals surface area contributed by atoms with Crippen molar-refractivity contribution in [3.63, 3.8) is 0 Å². The third kappa shape index (κ3) is 3.07. The summed E-state index contributed by atoms with van der Waals surface area (Å²) in [6.07, 6.45) is 1.41. The first-order valence-electron chi connectivity index (χ1n) is 5.85. The number of benzene rings is 1. The summed E-state index contributed by atoms with van der Waals surface area (Å²) < 4.78 is 0. The van der Waals surface area contributed by atoms with Crippen molar-refractivity contribution in [3.05, 3.63) is 42.1 Å².